The molecule has 1 atom stereocenters. The SMILES string of the molecule is Cc1cc(C(=O)N[C@H](C)c2cnn(-c3ccc(F)cc3)c2C)ccc1-n1cnnn1. The number of benzene rings is 2. The summed E-state index contributed by atoms with van der Waals surface area (Å²) in [6.45, 7) is 5.72. The second kappa shape index (κ2) is 7.86. The van der Waals surface area contributed by atoms with E-state index in [-0.39, 0.29) is 17.8 Å². The minimum absolute atomic E-state index is 0.192. The number of hydrogen-bond acceptors (Lipinski definition) is 5. The highest BCUT2D eigenvalue weighted by atomic mass is 19.1. The van der Waals surface area contributed by atoms with Crippen molar-refractivity contribution in [2.75, 3.05) is 0 Å². The molecule has 0 radical (unpaired) electrons. The fourth-order valence-corrected chi connectivity index (χ4v) is 3.37. The van der Waals surface area contributed by atoms with E-state index in [0.717, 1.165) is 28.2 Å². The Morgan fingerprint density at radius 3 is 2.57 bits per heavy atom. The molecule has 0 aliphatic carbocycles. The van der Waals surface area contributed by atoms with Gasteiger partial charge in [0.05, 0.1) is 23.6 Å². The van der Waals surface area contributed by atoms with Gasteiger partial charge in [0.2, 0.25) is 0 Å². The van der Waals surface area contributed by atoms with E-state index in [9.17, 15) is 9.18 Å². The van der Waals surface area contributed by atoms with Gasteiger partial charge in [-0.2, -0.15) is 5.10 Å². The fourth-order valence-electron chi connectivity index (χ4n) is 3.37. The molecule has 0 spiro atoms. The van der Waals surface area contributed by atoms with Gasteiger partial charge in [-0.05, 0) is 79.2 Å². The first-order valence-electron chi connectivity index (χ1n) is 9.39. The van der Waals surface area contributed by atoms with Gasteiger partial charge in [0.1, 0.15) is 12.1 Å². The van der Waals surface area contributed by atoms with Gasteiger partial charge in [-0.3, -0.25) is 4.79 Å². The van der Waals surface area contributed by atoms with Gasteiger partial charge in [0, 0.05) is 16.8 Å². The van der Waals surface area contributed by atoms with E-state index in [1.807, 2.05) is 26.8 Å². The van der Waals surface area contributed by atoms with Crippen LogP contribution in [0.5, 0.6) is 0 Å². The lowest BCUT2D eigenvalue weighted by molar-refractivity contribution is 0.0939. The highest BCUT2D eigenvalue weighted by molar-refractivity contribution is 5.95. The molecule has 9 heteroatoms. The van der Waals surface area contributed by atoms with Crippen LogP contribution in [0.25, 0.3) is 11.4 Å². The van der Waals surface area contributed by atoms with Gasteiger partial charge in [-0.15, -0.1) is 5.10 Å². The fraction of sp³-hybridized carbons (Fsp3) is 0.190. The molecule has 1 amide bonds. The van der Waals surface area contributed by atoms with Gasteiger partial charge in [-0.25, -0.2) is 13.8 Å². The van der Waals surface area contributed by atoms with Crippen molar-refractivity contribution in [1.29, 1.82) is 0 Å². The first-order valence-corrected chi connectivity index (χ1v) is 9.39. The summed E-state index contributed by atoms with van der Waals surface area (Å²) in [5, 5.41) is 18.5. The lowest BCUT2D eigenvalue weighted by Gasteiger charge is -2.15. The van der Waals surface area contributed by atoms with E-state index < -0.39 is 0 Å². The zero-order chi connectivity index (χ0) is 21.3. The summed E-state index contributed by atoms with van der Waals surface area (Å²) in [4.78, 5) is 12.8. The molecule has 8 nitrogen and oxygen atoms in total. The van der Waals surface area contributed by atoms with E-state index in [0.29, 0.717) is 5.56 Å². The summed E-state index contributed by atoms with van der Waals surface area (Å²) in [6, 6.07) is 11.2. The molecule has 0 saturated heterocycles. The Bertz CT molecular complexity index is 1180. The second-order valence-corrected chi connectivity index (χ2v) is 7.02. The maximum absolute atomic E-state index is 13.2. The van der Waals surface area contributed by atoms with Crippen LogP contribution < -0.4 is 5.32 Å². The van der Waals surface area contributed by atoms with Crippen LogP contribution in [-0.4, -0.2) is 35.9 Å². The Morgan fingerprint density at radius 1 is 1.13 bits per heavy atom. The van der Waals surface area contributed by atoms with Gasteiger partial charge in [-0.1, -0.05) is 0 Å². The van der Waals surface area contributed by atoms with Crippen LogP contribution >= 0.6 is 0 Å². The molecule has 0 bridgehead atoms. The number of nitrogens with one attached hydrogen (secondary N) is 1. The highest BCUT2D eigenvalue weighted by Gasteiger charge is 2.18. The van der Waals surface area contributed by atoms with Crippen LogP contribution in [0.15, 0.2) is 55.0 Å². The normalized spacial score (nSPS) is 12.0. The summed E-state index contributed by atoms with van der Waals surface area (Å²) in [5.41, 5.74) is 4.74. The Labute approximate surface area is 172 Å². The number of halogens is 1. The summed E-state index contributed by atoms with van der Waals surface area (Å²) < 4.78 is 16.5. The van der Waals surface area contributed by atoms with Crippen molar-refractivity contribution in [3.05, 3.63) is 83.2 Å². The van der Waals surface area contributed by atoms with Gasteiger partial charge < -0.3 is 5.32 Å². The van der Waals surface area contributed by atoms with Crippen molar-refractivity contribution in [1.82, 2.24) is 35.3 Å². The maximum atomic E-state index is 13.2. The average Bonchev–Trinajstić information content (AvgIpc) is 3.38. The zero-order valence-electron chi connectivity index (χ0n) is 16.7. The number of aryl methyl sites for hydroxylation is 1. The molecule has 0 aliphatic rings. The van der Waals surface area contributed by atoms with Crippen LogP contribution in [0, 0.1) is 19.7 Å². The van der Waals surface area contributed by atoms with Crippen LogP contribution in [0.1, 0.15) is 40.1 Å². The standard InChI is InChI=1S/C21H20FN7O/c1-13-10-16(4-9-20(13)28-12-23-26-27-28)21(30)25-14(2)19-11-24-29(15(19)3)18-7-5-17(22)6-8-18/h4-12,14H,1-3H3,(H,25,30)/t14-/m1/s1. The number of amides is 1. The quantitative estimate of drug-likeness (QED) is 0.551. The van der Waals surface area contributed by atoms with Crippen molar-refractivity contribution < 1.29 is 9.18 Å². The number of carbonyl (C=O) groups is 1. The lowest BCUT2D eigenvalue weighted by atomic mass is 10.1. The molecule has 0 aliphatic heterocycles. The van der Waals surface area contributed by atoms with E-state index in [1.54, 1.807) is 39.8 Å². The zero-order valence-corrected chi connectivity index (χ0v) is 16.7. The maximum Gasteiger partial charge on any atom is 0.251 e. The van der Waals surface area contributed by atoms with Crippen molar-refractivity contribution >= 4 is 5.91 Å². The van der Waals surface area contributed by atoms with Gasteiger partial charge in [0.15, 0.2) is 0 Å². The Hall–Kier alpha value is -3.88. The monoisotopic (exact) mass is 405 g/mol. The first-order chi connectivity index (χ1) is 14.4. The Morgan fingerprint density at radius 2 is 1.90 bits per heavy atom. The highest BCUT2D eigenvalue weighted by Crippen LogP contribution is 2.21. The van der Waals surface area contributed by atoms with Crippen molar-refractivity contribution in [2.45, 2.75) is 26.8 Å². The molecule has 4 aromatic rings. The van der Waals surface area contributed by atoms with E-state index in [4.69, 9.17) is 0 Å². The first kappa shape index (κ1) is 19.4. The van der Waals surface area contributed by atoms with Crippen molar-refractivity contribution in [3.63, 3.8) is 0 Å². The predicted molar refractivity (Wildman–Crippen MR) is 108 cm³/mol. The summed E-state index contributed by atoms with van der Waals surface area (Å²) in [7, 11) is 0. The average molecular weight is 405 g/mol. The topological polar surface area (TPSA) is 90.5 Å². The van der Waals surface area contributed by atoms with Crippen molar-refractivity contribution in [2.24, 2.45) is 0 Å². The Balaban J connectivity index is 1.51. The number of rotatable bonds is 5. The largest absolute Gasteiger partial charge is 0.345 e. The number of nitrogens with zero attached hydrogens (tertiary/aromatic N) is 6. The molecular weight excluding hydrogens is 385 g/mol. The van der Waals surface area contributed by atoms with E-state index >= 15 is 0 Å². The van der Waals surface area contributed by atoms with Crippen LogP contribution in [0.2, 0.25) is 0 Å². The molecule has 0 saturated carbocycles. The predicted octanol–water partition coefficient (Wildman–Crippen LogP) is 3.09. The third-order valence-corrected chi connectivity index (χ3v) is 4.99. The van der Waals surface area contributed by atoms with Crippen LogP contribution in [-0.2, 0) is 0 Å². The molecule has 2 aromatic heterocycles. The number of carbonyl (C=O) groups excluding carboxylic acids is 1. The number of aromatic nitrogens is 6. The molecule has 0 fully saturated rings. The molecule has 152 valence electrons. The van der Waals surface area contributed by atoms with Gasteiger partial charge >= 0.3 is 0 Å². The summed E-state index contributed by atoms with van der Waals surface area (Å²) >= 11 is 0. The summed E-state index contributed by atoms with van der Waals surface area (Å²) in [6.07, 6.45) is 3.22. The molecule has 2 heterocycles. The van der Waals surface area contributed by atoms with Crippen LogP contribution in [0.3, 0.4) is 0 Å². The third-order valence-electron chi connectivity index (χ3n) is 4.99. The lowest BCUT2D eigenvalue weighted by Crippen LogP contribution is -2.27. The minimum Gasteiger partial charge on any atom is -0.345 e. The number of tetrazole rings is 1. The second-order valence-electron chi connectivity index (χ2n) is 7.02. The number of hydrogen-bond donors (Lipinski definition) is 1. The van der Waals surface area contributed by atoms with E-state index in [2.05, 4.69) is 25.9 Å². The Kier molecular flexibility index (Phi) is 5.09. The van der Waals surface area contributed by atoms with Crippen molar-refractivity contribution in [3.8, 4) is 11.4 Å². The molecule has 30 heavy (non-hydrogen) atoms. The third kappa shape index (κ3) is 3.69. The van der Waals surface area contributed by atoms with Crippen LogP contribution in [0.4, 0.5) is 4.39 Å². The summed E-state index contributed by atoms with van der Waals surface area (Å²) in [5.74, 6) is -0.492. The molecule has 4 rings (SSSR count). The molecule has 0 unspecified atom stereocenters. The molecule has 1 N–H and O–H groups in total. The molecular formula is C21H20FN7O. The minimum atomic E-state index is -0.300. The van der Waals surface area contributed by atoms with E-state index in [1.165, 1.54) is 18.5 Å². The van der Waals surface area contributed by atoms with Gasteiger partial charge in [0.25, 0.3) is 5.91 Å². The molecule has 2 aromatic carbocycles. The smallest absolute Gasteiger partial charge is 0.251 e.